The van der Waals surface area contributed by atoms with Crippen LogP contribution < -0.4 is 0 Å². The summed E-state index contributed by atoms with van der Waals surface area (Å²) in [6, 6.07) is 19.6. The third kappa shape index (κ3) is 2.52. The molecule has 0 aliphatic heterocycles. The Morgan fingerprint density at radius 2 is 1.40 bits per heavy atom. The van der Waals surface area contributed by atoms with Gasteiger partial charge in [-0.25, -0.2) is 4.39 Å². The quantitative estimate of drug-likeness (QED) is 0.513. The minimum atomic E-state index is -0.232. The SMILES string of the molecule is Fc1c(Br)cccc1/C=C/c1cccc2ccccc12. The summed E-state index contributed by atoms with van der Waals surface area (Å²) in [5.41, 5.74) is 1.66. The van der Waals surface area contributed by atoms with Crippen molar-refractivity contribution in [2.24, 2.45) is 0 Å². The van der Waals surface area contributed by atoms with Crippen LogP contribution in [0.1, 0.15) is 11.1 Å². The Balaban J connectivity index is 2.05. The third-order valence-electron chi connectivity index (χ3n) is 3.25. The molecule has 2 heteroatoms. The van der Waals surface area contributed by atoms with Crippen molar-refractivity contribution >= 4 is 38.9 Å². The highest BCUT2D eigenvalue weighted by molar-refractivity contribution is 9.10. The molecule has 3 aromatic carbocycles. The van der Waals surface area contributed by atoms with Crippen LogP contribution in [0.5, 0.6) is 0 Å². The maximum Gasteiger partial charge on any atom is 0.144 e. The lowest BCUT2D eigenvalue weighted by molar-refractivity contribution is 0.618. The van der Waals surface area contributed by atoms with E-state index in [1.54, 1.807) is 12.1 Å². The van der Waals surface area contributed by atoms with Crippen molar-refractivity contribution in [2.75, 3.05) is 0 Å². The molecule has 0 atom stereocenters. The molecule has 0 nitrogen and oxygen atoms in total. The molecule has 98 valence electrons. The van der Waals surface area contributed by atoms with E-state index in [4.69, 9.17) is 0 Å². The largest absolute Gasteiger partial charge is 0.205 e. The summed E-state index contributed by atoms with van der Waals surface area (Å²) in [6.45, 7) is 0. The van der Waals surface area contributed by atoms with Crippen LogP contribution in [0.2, 0.25) is 0 Å². The Labute approximate surface area is 125 Å². The highest BCUT2D eigenvalue weighted by Gasteiger charge is 2.02. The van der Waals surface area contributed by atoms with Crippen molar-refractivity contribution in [3.05, 3.63) is 82.1 Å². The lowest BCUT2D eigenvalue weighted by atomic mass is 10.0. The molecule has 20 heavy (non-hydrogen) atoms. The maximum absolute atomic E-state index is 13.9. The van der Waals surface area contributed by atoms with Crippen molar-refractivity contribution < 1.29 is 4.39 Å². The van der Waals surface area contributed by atoms with E-state index in [1.807, 2.05) is 42.5 Å². The molecule has 0 saturated carbocycles. The van der Waals surface area contributed by atoms with E-state index in [2.05, 4.69) is 34.1 Å². The van der Waals surface area contributed by atoms with Gasteiger partial charge in [-0.3, -0.25) is 0 Å². The number of hydrogen-bond donors (Lipinski definition) is 0. The van der Waals surface area contributed by atoms with Crippen LogP contribution in [-0.4, -0.2) is 0 Å². The fraction of sp³-hybridized carbons (Fsp3) is 0. The van der Waals surface area contributed by atoms with Crippen LogP contribution >= 0.6 is 15.9 Å². The van der Waals surface area contributed by atoms with Crippen molar-refractivity contribution in [3.63, 3.8) is 0 Å². The zero-order valence-electron chi connectivity index (χ0n) is 10.7. The van der Waals surface area contributed by atoms with Gasteiger partial charge < -0.3 is 0 Å². The second kappa shape index (κ2) is 5.59. The molecule has 0 N–H and O–H groups in total. The van der Waals surface area contributed by atoms with Gasteiger partial charge in [-0.1, -0.05) is 66.7 Å². The molecule has 3 rings (SSSR count). The first-order valence-corrected chi connectivity index (χ1v) is 7.15. The molecule has 0 bridgehead atoms. The molecule has 0 aromatic heterocycles. The molecular formula is C18H12BrF. The van der Waals surface area contributed by atoms with Gasteiger partial charge in [-0.2, -0.15) is 0 Å². The van der Waals surface area contributed by atoms with E-state index in [0.29, 0.717) is 10.0 Å². The first-order chi connectivity index (χ1) is 9.75. The summed E-state index contributed by atoms with van der Waals surface area (Å²) in [4.78, 5) is 0. The van der Waals surface area contributed by atoms with E-state index in [1.165, 1.54) is 10.8 Å². The number of fused-ring (bicyclic) bond motifs is 1. The van der Waals surface area contributed by atoms with E-state index in [-0.39, 0.29) is 5.82 Å². The lowest BCUT2D eigenvalue weighted by Gasteiger charge is -2.02. The van der Waals surface area contributed by atoms with Gasteiger partial charge >= 0.3 is 0 Å². The molecule has 0 amide bonds. The molecule has 0 radical (unpaired) electrons. The van der Waals surface area contributed by atoms with Gasteiger partial charge in [0.15, 0.2) is 0 Å². The van der Waals surface area contributed by atoms with Gasteiger partial charge in [0.05, 0.1) is 4.47 Å². The predicted octanol–water partition coefficient (Wildman–Crippen LogP) is 5.91. The lowest BCUT2D eigenvalue weighted by Crippen LogP contribution is -1.83. The first-order valence-electron chi connectivity index (χ1n) is 6.35. The topological polar surface area (TPSA) is 0 Å². The van der Waals surface area contributed by atoms with Crippen LogP contribution in [0.15, 0.2) is 65.1 Å². The van der Waals surface area contributed by atoms with Crippen LogP contribution in [-0.2, 0) is 0 Å². The smallest absolute Gasteiger partial charge is 0.144 e. The molecule has 0 fully saturated rings. The Morgan fingerprint density at radius 3 is 2.30 bits per heavy atom. The van der Waals surface area contributed by atoms with Crippen LogP contribution in [0.3, 0.4) is 0 Å². The summed E-state index contributed by atoms with van der Waals surface area (Å²) in [7, 11) is 0. The number of benzene rings is 3. The zero-order chi connectivity index (χ0) is 13.9. The molecular weight excluding hydrogens is 315 g/mol. The zero-order valence-corrected chi connectivity index (χ0v) is 12.3. The average Bonchev–Trinajstić information content (AvgIpc) is 2.49. The molecule has 0 spiro atoms. The summed E-state index contributed by atoms with van der Waals surface area (Å²) >= 11 is 3.20. The number of halogens is 2. The molecule has 0 aliphatic rings. The van der Waals surface area contributed by atoms with E-state index in [0.717, 1.165) is 5.56 Å². The molecule has 0 saturated heterocycles. The second-order valence-electron chi connectivity index (χ2n) is 4.54. The van der Waals surface area contributed by atoms with Gasteiger partial charge in [0.25, 0.3) is 0 Å². The predicted molar refractivity (Wildman–Crippen MR) is 87.0 cm³/mol. The Hall–Kier alpha value is -1.93. The van der Waals surface area contributed by atoms with Crippen molar-refractivity contribution in [2.45, 2.75) is 0 Å². The molecule has 0 unspecified atom stereocenters. The van der Waals surface area contributed by atoms with Crippen LogP contribution in [0.4, 0.5) is 4.39 Å². The normalized spacial score (nSPS) is 11.3. The second-order valence-corrected chi connectivity index (χ2v) is 5.40. The summed E-state index contributed by atoms with van der Waals surface area (Å²) in [5.74, 6) is -0.232. The van der Waals surface area contributed by atoms with Crippen LogP contribution in [0.25, 0.3) is 22.9 Å². The Bertz CT molecular complexity index is 785. The van der Waals surface area contributed by atoms with Crippen molar-refractivity contribution in [3.8, 4) is 0 Å². The monoisotopic (exact) mass is 326 g/mol. The average molecular weight is 327 g/mol. The summed E-state index contributed by atoms with van der Waals surface area (Å²) in [6.07, 6.45) is 3.76. The van der Waals surface area contributed by atoms with Crippen molar-refractivity contribution in [1.29, 1.82) is 0 Å². The minimum absolute atomic E-state index is 0.232. The summed E-state index contributed by atoms with van der Waals surface area (Å²) in [5, 5.41) is 2.35. The minimum Gasteiger partial charge on any atom is -0.205 e. The highest BCUT2D eigenvalue weighted by atomic mass is 79.9. The van der Waals surface area contributed by atoms with E-state index < -0.39 is 0 Å². The van der Waals surface area contributed by atoms with Gasteiger partial charge in [0, 0.05) is 5.56 Å². The van der Waals surface area contributed by atoms with Crippen molar-refractivity contribution in [1.82, 2.24) is 0 Å². The van der Waals surface area contributed by atoms with Gasteiger partial charge in [0.2, 0.25) is 0 Å². The Kier molecular flexibility index (Phi) is 3.66. The highest BCUT2D eigenvalue weighted by Crippen LogP contribution is 2.23. The van der Waals surface area contributed by atoms with Gasteiger partial charge in [-0.05, 0) is 38.3 Å². The van der Waals surface area contributed by atoms with E-state index in [9.17, 15) is 4.39 Å². The number of hydrogen-bond acceptors (Lipinski definition) is 0. The molecule has 0 heterocycles. The fourth-order valence-electron chi connectivity index (χ4n) is 2.22. The molecule has 3 aromatic rings. The standard InChI is InChI=1S/C18H12BrF/c19-17-10-4-8-15(18(17)20)12-11-14-7-3-6-13-5-1-2-9-16(13)14/h1-12H/b12-11+. The Morgan fingerprint density at radius 1 is 0.750 bits per heavy atom. The number of rotatable bonds is 2. The van der Waals surface area contributed by atoms with Gasteiger partial charge in [0.1, 0.15) is 5.82 Å². The fourth-order valence-corrected chi connectivity index (χ4v) is 2.61. The first kappa shape index (κ1) is 13.1. The van der Waals surface area contributed by atoms with E-state index >= 15 is 0 Å². The third-order valence-corrected chi connectivity index (χ3v) is 3.86. The van der Waals surface area contributed by atoms with Gasteiger partial charge in [-0.15, -0.1) is 0 Å². The summed E-state index contributed by atoms with van der Waals surface area (Å²) < 4.78 is 14.4. The molecule has 0 aliphatic carbocycles. The maximum atomic E-state index is 13.9. The van der Waals surface area contributed by atoms with Crippen LogP contribution in [0, 0.1) is 5.82 Å².